The lowest BCUT2D eigenvalue weighted by atomic mass is 9.80. The second kappa shape index (κ2) is 6.09. The standard InChI is InChI=1S/C18H29N/c1-18(2,3)16-11-9-14(10-12-16)13-15-7-5-6-8-17(15)19-4/h9-12,15,17,19H,5-8,13H2,1-4H3. The van der Waals surface area contributed by atoms with Crippen LogP contribution >= 0.6 is 0 Å². The summed E-state index contributed by atoms with van der Waals surface area (Å²) in [5.74, 6) is 0.819. The fourth-order valence-corrected chi connectivity index (χ4v) is 3.28. The van der Waals surface area contributed by atoms with Crippen molar-refractivity contribution in [3.05, 3.63) is 35.4 Å². The van der Waals surface area contributed by atoms with Gasteiger partial charge < -0.3 is 5.32 Å². The van der Waals surface area contributed by atoms with Crippen LogP contribution in [0.4, 0.5) is 0 Å². The van der Waals surface area contributed by atoms with E-state index >= 15 is 0 Å². The number of benzene rings is 1. The zero-order chi connectivity index (χ0) is 13.9. The van der Waals surface area contributed by atoms with Crippen LogP contribution in [0.1, 0.15) is 57.6 Å². The third kappa shape index (κ3) is 3.82. The average molecular weight is 259 g/mol. The summed E-state index contributed by atoms with van der Waals surface area (Å²) in [5.41, 5.74) is 3.20. The van der Waals surface area contributed by atoms with Crippen molar-refractivity contribution in [3.63, 3.8) is 0 Å². The van der Waals surface area contributed by atoms with E-state index in [1.54, 1.807) is 0 Å². The molecule has 1 N–H and O–H groups in total. The first-order valence-corrected chi connectivity index (χ1v) is 7.77. The highest BCUT2D eigenvalue weighted by Gasteiger charge is 2.23. The molecule has 0 amide bonds. The maximum Gasteiger partial charge on any atom is 0.00955 e. The molecule has 1 saturated carbocycles. The minimum atomic E-state index is 0.261. The van der Waals surface area contributed by atoms with E-state index in [2.05, 4.69) is 57.4 Å². The normalized spacial score (nSPS) is 24.4. The average Bonchev–Trinajstić information content (AvgIpc) is 2.39. The molecule has 2 rings (SSSR count). The molecule has 19 heavy (non-hydrogen) atoms. The second-order valence-corrected chi connectivity index (χ2v) is 7.09. The number of hydrogen-bond acceptors (Lipinski definition) is 1. The van der Waals surface area contributed by atoms with Crippen molar-refractivity contribution >= 4 is 0 Å². The zero-order valence-corrected chi connectivity index (χ0v) is 13.0. The molecule has 1 aromatic rings. The van der Waals surface area contributed by atoms with Crippen molar-refractivity contribution < 1.29 is 0 Å². The van der Waals surface area contributed by atoms with Gasteiger partial charge in [0.2, 0.25) is 0 Å². The molecular weight excluding hydrogens is 230 g/mol. The van der Waals surface area contributed by atoms with Crippen molar-refractivity contribution in [3.8, 4) is 0 Å². The highest BCUT2D eigenvalue weighted by molar-refractivity contribution is 5.27. The van der Waals surface area contributed by atoms with Crippen LogP contribution in [-0.4, -0.2) is 13.1 Å². The minimum Gasteiger partial charge on any atom is -0.317 e. The molecule has 0 bridgehead atoms. The third-order valence-electron chi connectivity index (χ3n) is 4.60. The van der Waals surface area contributed by atoms with Gasteiger partial charge in [0, 0.05) is 6.04 Å². The molecule has 0 radical (unpaired) electrons. The van der Waals surface area contributed by atoms with Crippen LogP contribution < -0.4 is 5.32 Å². The Hall–Kier alpha value is -0.820. The molecule has 1 aromatic carbocycles. The van der Waals surface area contributed by atoms with Crippen LogP contribution in [0, 0.1) is 5.92 Å². The number of rotatable bonds is 3. The van der Waals surface area contributed by atoms with E-state index in [0.29, 0.717) is 0 Å². The smallest absolute Gasteiger partial charge is 0.00955 e. The van der Waals surface area contributed by atoms with Gasteiger partial charge in [-0.3, -0.25) is 0 Å². The Morgan fingerprint density at radius 1 is 1.05 bits per heavy atom. The Labute approximate surface area is 118 Å². The molecule has 2 unspecified atom stereocenters. The molecule has 1 fully saturated rings. The van der Waals surface area contributed by atoms with Gasteiger partial charge >= 0.3 is 0 Å². The lowest BCUT2D eigenvalue weighted by molar-refractivity contribution is 0.273. The molecule has 0 aromatic heterocycles. The van der Waals surface area contributed by atoms with Crippen LogP contribution in [0.25, 0.3) is 0 Å². The Bertz CT molecular complexity index is 385. The third-order valence-corrected chi connectivity index (χ3v) is 4.60. The Kier molecular flexibility index (Phi) is 4.67. The first-order valence-electron chi connectivity index (χ1n) is 7.77. The summed E-state index contributed by atoms with van der Waals surface area (Å²) in [7, 11) is 2.12. The molecule has 0 spiro atoms. The predicted octanol–water partition coefficient (Wildman–Crippen LogP) is 4.30. The van der Waals surface area contributed by atoms with Crippen LogP contribution in [0.5, 0.6) is 0 Å². The summed E-state index contributed by atoms with van der Waals surface area (Å²) in [5, 5.41) is 3.51. The van der Waals surface area contributed by atoms with E-state index in [1.165, 1.54) is 43.2 Å². The summed E-state index contributed by atoms with van der Waals surface area (Å²) in [6, 6.07) is 10.0. The summed E-state index contributed by atoms with van der Waals surface area (Å²) in [4.78, 5) is 0. The Morgan fingerprint density at radius 2 is 1.68 bits per heavy atom. The van der Waals surface area contributed by atoms with Gasteiger partial charge in [0.05, 0.1) is 0 Å². The second-order valence-electron chi connectivity index (χ2n) is 7.09. The molecule has 0 aliphatic heterocycles. The molecule has 1 aliphatic rings. The Balaban J connectivity index is 2.02. The van der Waals surface area contributed by atoms with Gasteiger partial charge in [-0.1, -0.05) is 57.9 Å². The van der Waals surface area contributed by atoms with Gasteiger partial charge in [-0.15, -0.1) is 0 Å². The van der Waals surface area contributed by atoms with Gasteiger partial charge in [0.1, 0.15) is 0 Å². The lowest BCUT2D eigenvalue weighted by Crippen LogP contribution is -2.37. The lowest BCUT2D eigenvalue weighted by Gasteiger charge is -2.31. The maximum absolute atomic E-state index is 3.51. The molecule has 1 aliphatic carbocycles. The van der Waals surface area contributed by atoms with E-state index in [4.69, 9.17) is 0 Å². The van der Waals surface area contributed by atoms with Gasteiger partial charge in [0.25, 0.3) is 0 Å². The minimum absolute atomic E-state index is 0.261. The number of hydrogen-bond donors (Lipinski definition) is 1. The predicted molar refractivity (Wildman–Crippen MR) is 83.7 cm³/mol. The van der Waals surface area contributed by atoms with E-state index < -0.39 is 0 Å². The topological polar surface area (TPSA) is 12.0 Å². The summed E-state index contributed by atoms with van der Waals surface area (Å²) < 4.78 is 0. The first-order chi connectivity index (χ1) is 9.00. The van der Waals surface area contributed by atoms with Gasteiger partial charge in [0.15, 0.2) is 0 Å². The summed E-state index contributed by atoms with van der Waals surface area (Å²) in [6.45, 7) is 6.83. The van der Waals surface area contributed by atoms with Gasteiger partial charge in [-0.25, -0.2) is 0 Å². The molecule has 2 atom stereocenters. The zero-order valence-electron chi connectivity index (χ0n) is 13.0. The van der Waals surface area contributed by atoms with Crippen molar-refractivity contribution in [2.24, 2.45) is 5.92 Å². The summed E-state index contributed by atoms with van der Waals surface area (Å²) >= 11 is 0. The highest BCUT2D eigenvalue weighted by atomic mass is 14.9. The van der Waals surface area contributed by atoms with Crippen LogP contribution in [0.15, 0.2) is 24.3 Å². The number of nitrogens with one attached hydrogen (secondary N) is 1. The SMILES string of the molecule is CNC1CCCCC1Cc1ccc(C(C)(C)C)cc1. The fraction of sp³-hybridized carbons (Fsp3) is 0.667. The molecule has 0 heterocycles. The van der Waals surface area contributed by atoms with E-state index in [9.17, 15) is 0 Å². The fourth-order valence-electron chi connectivity index (χ4n) is 3.28. The highest BCUT2D eigenvalue weighted by Crippen LogP contribution is 2.28. The van der Waals surface area contributed by atoms with E-state index in [1.807, 2.05) is 0 Å². The first kappa shape index (κ1) is 14.6. The van der Waals surface area contributed by atoms with Crippen LogP contribution in [0.3, 0.4) is 0 Å². The monoisotopic (exact) mass is 259 g/mol. The van der Waals surface area contributed by atoms with E-state index in [-0.39, 0.29) is 5.41 Å². The van der Waals surface area contributed by atoms with Crippen LogP contribution in [-0.2, 0) is 11.8 Å². The molecular formula is C18H29N. The Morgan fingerprint density at radius 3 is 2.26 bits per heavy atom. The molecule has 1 nitrogen and oxygen atoms in total. The largest absolute Gasteiger partial charge is 0.317 e. The van der Waals surface area contributed by atoms with Gasteiger partial charge in [-0.05, 0) is 48.8 Å². The molecule has 1 heteroatoms. The van der Waals surface area contributed by atoms with Crippen molar-refractivity contribution in [1.82, 2.24) is 5.32 Å². The molecule has 0 saturated heterocycles. The van der Waals surface area contributed by atoms with E-state index in [0.717, 1.165) is 12.0 Å². The quantitative estimate of drug-likeness (QED) is 0.853. The van der Waals surface area contributed by atoms with Crippen LogP contribution in [0.2, 0.25) is 0 Å². The molecule has 106 valence electrons. The maximum atomic E-state index is 3.51. The van der Waals surface area contributed by atoms with Gasteiger partial charge in [-0.2, -0.15) is 0 Å². The van der Waals surface area contributed by atoms with Crippen molar-refractivity contribution in [2.45, 2.75) is 64.3 Å². The van der Waals surface area contributed by atoms with Crippen molar-refractivity contribution in [2.75, 3.05) is 7.05 Å². The van der Waals surface area contributed by atoms with Crippen molar-refractivity contribution in [1.29, 1.82) is 0 Å². The summed E-state index contributed by atoms with van der Waals surface area (Å²) in [6.07, 6.45) is 6.76.